The lowest BCUT2D eigenvalue weighted by atomic mass is 10.1. The van der Waals surface area contributed by atoms with Gasteiger partial charge in [0, 0.05) is 15.8 Å². The van der Waals surface area contributed by atoms with E-state index in [0.717, 1.165) is 15.0 Å². The molecule has 0 aliphatic carbocycles. The molecule has 0 fully saturated rings. The Morgan fingerprint density at radius 1 is 1.36 bits per heavy atom. The molecule has 0 aliphatic rings. The second-order valence-electron chi connectivity index (χ2n) is 4.86. The number of nitrogen functional groups attached to an aromatic ring is 1. The molecule has 0 bridgehead atoms. The van der Waals surface area contributed by atoms with Crippen molar-refractivity contribution in [2.75, 3.05) is 11.1 Å². The molecule has 0 unspecified atom stereocenters. The van der Waals surface area contributed by atoms with Gasteiger partial charge >= 0.3 is 0 Å². The number of nitrogens with two attached hydrogens (primary N) is 1. The third kappa shape index (κ3) is 4.84. The first-order chi connectivity index (χ1) is 9.38. The summed E-state index contributed by atoms with van der Waals surface area (Å²) in [5.41, 5.74) is 8.49. The number of benzene rings is 1. The number of halogens is 3. The van der Waals surface area contributed by atoms with Gasteiger partial charge in [-0.05, 0) is 24.6 Å². The first-order valence-electron chi connectivity index (χ1n) is 6.21. The number of thiazole rings is 1. The van der Waals surface area contributed by atoms with Crippen LogP contribution in [0.4, 0.5) is 11.4 Å². The average Bonchev–Trinajstić information content (AvgIpc) is 2.85. The van der Waals surface area contributed by atoms with Crippen LogP contribution in [0.25, 0.3) is 0 Å². The fourth-order valence-electron chi connectivity index (χ4n) is 1.70. The van der Waals surface area contributed by atoms with E-state index < -0.39 is 0 Å². The van der Waals surface area contributed by atoms with Gasteiger partial charge in [0.05, 0.1) is 16.4 Å². The van der Waals surface area contributed by atoms with Crippen LogP contribution in [0.1, 0.15) is 40.8 Å². The van der Waals surface area contributed by atoms with Gasteiger partial charge < -0.3 is 11.1 Å². The molecule has 0 atom stereocenters. The molecule has 0 aliphatic heterocycles. The molecule has 22 heavy (non-hydrogen) atoms. The number of carbonyl (C=O) groups is 1. The van der Waals surface area contributed by atoms with Gasteiger partial charge in [-0.15, -0.1) is 36.2 Å². The monoisotopic (exact) mass is 425 g/mol. The summed E-state index contributed by atoms with van der Waals surface area (Å²) in [4.78, 5) is 16.5. The SMILES string of the molecule is Cc1cc(Br)cc(NC(=O)c2csc(C(C)C)n2)c1N.Cl.Cl. The Morgan fingerprint density at radius 3 is 2.55 bits per heavy atom. The van der Waals surface area contributed by atoms with Gasteiger partial charge in [0.2, 0.25) is 0 Å². The normalized spacial score (nSPS) is 9.86. The molecular formula is C14H18BrCl2N3OS. The molecule has 0 saturated carbocycles. The molecule has 8 heteroatoms. The Hall–Kier alpha value is -0.820. The Morgan fingerprint density at radius 2 is 2.00 bits per heavy atom. The van der Waals surface area contributed by atoms with Crippen LogP contribution in [0, 0.1) is 6.92 Å². The summed E-state index contributed by atoms with van der Waals surface area (Å²) in [6, 6.07) is 3.70. The Kier molecular flexibility index (Phi) is 8.39. The highest BCUT2D eigenvalue weighted by atomic mass is 79.9. The average molecular weight is 427 g/mol. The van der Waals surface area contributed by atoms with Gasteiger partial charge in [-0.25, -0.2) is 4.98 Å². The van der Waals surface area contributed by atoms with Crippen molar-refractivity contribution >= 4 is 69.4 Å². The van der Waals surface area contributed by atoms with E-state index in [2.05, 4.69) is 40.1 Å². The highest BCUT2D eigenvalue weighted by Gasteiger charge is 2.14. The van der Waals surface area contributed by atoms with Gasteiger partial charge in [0.25, 0.3) is 5.91 Å². The number of nitrogens with one attached hydrogen (secondary N) is 1. The molecule has 0 saturated heterocycles. The van der Waals surface area contributed by atoms with Crippen molar-refractivity contribution in [1.29, 1.82) is 0 Å². The van der Waals surface area contributed by atoms with E-state index in [0.29, 0.717) is 23.0 Å². The van der Waals surface area contributed by atoms with Gasteiger partial charge in [-0.3, -0.25) is 4.79 Å². The molecule has 0 spiro atoms. The summed E-state index contributed by atoms with van der Waals surface area (Å²) >= 11 is 4.89. The summed E-state index contributed by atoms with van der Waals surface area (Å²) in [5.74, 6) is 0.0806. The van der Waals surface area contributed by atoms with E-state index in [-0.39, 0.29) is 30.7 Å². The number of hydrogen-bond acceptors (Lipinski definition) is 4. The maximum atomic E-state index is 12.2. The fourth-order valence-corrected chi connectivity index (χ4v) is 3.09. The van der Waals surface area contributed by atoms with E-state index in [9.17, 15) is 4.79 Å². The van der Waals surface area contributed by atoms with Gasteiger partial charge in [-0.1, -0.05) is 29.8 Å². The lowest BCUT2D eigenvalue weighted by molar-refractivity contribution is 0.102. The minimum absolute atomic E-state index is 0. The van der Waals surface area contributed by atoms with Gasteiger partial charge in [0.15, 0.2) is 0 Å². The Balaban J connectivity index is 0.00000220. The highest BCUT2D eigenvalue weighted by Crippen LogP contribution is 2.28. The van der Waals surface area contributed by atoms with Crippen LogP contribution >= 0.6 is 52.1 Å². The summed E-state index contributed by atoms with van der Waals surface area (Å²) in [7, 11) is 0. The zero-order valence-corrected chi connectivity index (χ0v) is 16.4. The second kappa shape index (κ2) is 8.72. The predicted molar refractivity (Wildman–Crippen MR) is 102 cm³/mol. The van der Waals surface area contributed by atoms with Crippen molar-refractivity contribution in [2.45, 2.75) is 26.7 Å². The first kappa shape index (κ1) is 21.2. The zero-order chi connectivity index (χ0) is 14.9. The standard InChI is InChI=1S/C14H16BrN3OS.2ClH/c1-7(2)14-18-11(6-20-14)13(19)17-10-5-9(15)4-8(3)12(10)16;;/h4-7H,16H2,1-3H3,(H,17,19);2*1H. The fraction of sp³-hybridized carbons (Fsp3) is 0.286. The third-order valence-electron chi connectivity index (χ3n) is 2.85. The summed E-state index contributed by atoms with van der Waals surface area (Å²) < 4.78 is 0.876. The molecule has 2 aromatic rings. The van der Waals surface area contributed by atoms with Crippen molar-refractivity contribution in [3.05, 3.63) is 38.3 Å². The molecule has 122 valence electrons. The minimum Gasteiger partial charge on any atom is -0.397 e. The third-order valence-corrected chi connectivity index (χ3v) is 4.45. The van der Waals surface area contributed by atoms with Crippen molar-refractivity contribution in [3.8, 4) is 0 Å². The number of anilines is 2. The molecule has 1 heterocycles. The van der Waals surface area contributed by atoms with E-state index in [1.54, 1.807) is 11.4 Å². The number of amides is 1. The maximum absolute atomic E-state index is 12.2. The number of aromatic nitrogens is 1. The molecule has 2 rings (SSSR count). The van der Waals surface area contributed by atoms with Crippen LogP contribution in [-0.2, 0) is 0 Å². The molecule has 4 nitrogen and oxygen atoms in total. The lowest BCUT2D eigenvalue weighted by Crippen LogP contribution is -2.14. The topological polar surface area (TPSA) is 68.0 Å². The zero-order valence-electron chi connectivity index (χ0n) is 12.3. The quantitative estimate of drug-likeness (QED) is 0.677. The smallest absolute Gasteiger partial charge is 0.275 e. The largest absolute Gasteiger partial charge is 0.397 e. The van der Waals surface area contributed by atoms with Gasteiger partial charge in [-0.2, -0.15) is 0 Å². The maximum Gasteiger partial charge on any atom is 0.275 e. The van der Waals surface area contributed by atoms with Crippen LogP contribution in [0.15, 0.2) is 22.0 Å². The van der Waals surface area contributed by atoms with E-state index in [1.165, 1.54) is 11.3 Å². The molecular weight excluding hydrogens is 409 g/mol. The Labute approximate surface area is 154 Å². The summed E-state index contributed by atoms with van der Waals surface area (Å²) in [5, 5.41) is 5.53. The highest BCUT2D eigenvalue weighted by molar-refractivity contribution is 9.10. The number of rotatable bonds is 3. The minimum atomic E-state index is -0.239. The first-order valence-corrected chi connectivity index (χ1v) is 7.88. The van der Waals surface area contributed by atoms with Gasteiger partial charge in [0.1, 0.15) is 5.69 Å². The van der Waals surface area contributed by atoms with Crippen molar-refractivity contribution in [2.24, 2.45) is 0 Å². The van der Waals surface area contributed by atoms with Crippen molar-refractivity contribution in [1.82, 2.24) is 4.98 Å². The van der Waals surface area contributed by atoms with Crippen molar-refractivity contribution in [3.63, 3.8) is 0 Å². The number of aryl methyl sites for hydroxylation is 1. The van der Waals surface area contributed by atoms with E-state index >= 15 is 0 Å². The van der Waals surface area contributed by atoms with Crippen LogP contribution in [-0.4, -0.2) is 10.9 Å². The number of hydrogen-bond donors (Lipinski definition) is 2. The second-order valence-corrected chi connectivity index (χ2v) is 6.67. The molecule has 1 amide bonds. The molecule has 1 aromatic heterocycles. The van der Waals surface area contributed by atoms with Crippen LogP contribution < -0.4 is 11.1 Å². The number of nitrogens with zero attached hydrogens (tertiary/aromatic N) is 1. The lowest BCUT2D eigenvalue weighted by Gasteiger charge is -2.10. The van der Waals surface area contributed by atoms with E-state index in [1.807, 2.05) is 13.0 Å². The van der Waals surface area contributed by atoms with Crippen LogP contribution in [0.5, 0.6) is 0 Å². The predicted octanol–water partition coefficient (Wildman–Crippen LogP) is 5.02. The van der Waals surface area contributed by atoms with E-state index in [4.69, 9.17) is 5.73 Å². The summed E-state index contributed by atoms with van der Waals surface area (Å²) in [6.45, 7) is 6.00. The van der Waals surface area contributed by atoms with Crippen LogP contribution in [0.2, 0.25) is 0 Å². The summed E-state index contributed by atoms with van der Waals surface area (Å²) in [6.07, 6.45) is 0. The molecule has 1 aromatic carbocycles. The molecule has 3 N–H and O–H groups in total. The number of carbonyl (C=O) groups excluding carboxylic acids is 1. The Bertz CT molecular complexity index is 662. The van der Waals surface area contributed by atoms with Crippen LogP contribution in [0.3, 0.4) is 0 Å². The molecule has 0 radical (unpaired) electrons. The van der Waals surface area contributed by atoms with Crippen molar-refractivity contribution < 1.29 is 4.79 Å².